The van der Waals surface area contributed by atoms with Crippen molar-refractivity contribution < 1.29 is 33.8 Å². The van der Waals surface area contributed by atoms with E-state index in [1.165, 1.54) is 17.1 Å². The maximum Gasteiger partial charge on any atom is 0.261 e. The minimum atomic E-state index is -1.20. The van der Waals surface area contributed by atoms with Crippen molar-refractivity contribution in [3.8, 4) is 11.5 Å². The van der Waals surface area contributed by atoms with Crippen LogP contribution in [0, 0.1) is 0 Å². The van der Waals surface area contributed by atoms with Crippen molar-refractivity contribution in [2.45, 2.75) is 31.4 Å². The van der Waals surface area contributed by atoms with Crippen LogP contribution >= 0.6 is 23.2 Å². The van der Waals surface area contributed by atoms with Gasteiger partial charge in [-0.2, -0.15) is 0 Å². The van der Waals surface area contributed by atoms with Crippen LogP contribution in [0.1, 0.15) is 43.8 Å². The van der Waals surface area contributed by atoms with E-state index < -0.39 is 29.9 Å². The van der Waals surface area contributed by atoms with Crippen LogP contribution in [0.2, 0.25) is 10.0 Å². The van der Waals surface area contributed by atoms with Crippen molar-refractivity contribution >= 4 is 52.9 Å². The first-order chi connectivity index (χ1) is 24.7. The van der Waals surface area contributed by atoms with Gasteiger partial charge in [0.15, 0.2) is 11.5 Å². The van der Waals surface area contributed by atoms with Crippen molar-refractivity contribution in [2.24, 2.45) is 0 Å². The molecule has 0 bridgehead atoms. The number of ether oxygens (including phenoxy) is 2. The van der Waals surface area contributed by atoms with E-state index in [4.69, 9.17) is 32.7 Å². The van der Waals surface area contributed by atoms with Crippen LogP contribution < -0.4 is 14.8 Å². The Kier molecular flexibility index (Phi) is 11.4. The van der Waals surface area contributed by atoms with Crippen LogP contribution in [0.25, 0.3) is 6.08 Å². The van der Waals surface area contributed by atoms with Gasteiger partial charge in [-0.1, -0.05) is 77.8 Å². The topological polar surface area (TPSA) is 125 Å². The Labute approximate surface area is 305 Å². The fourth-order valence-corrected chi connectivity index (χ4v) is 6.57. The molecule has 0 unspecified atom stereocenters. The molecule has 0 fully saturated rings. The number of benzene rings is 4. The van der Waals surface area contributed by atoms with E-state index in [-0.39, 0.29) is 45.2 Å². The van der Waals surface area contributed by atoms with E-state index >= 15 is 0 Å². The number of carbonyl (C=O) groups is 4. The van der Waals surface area contributed by atoms with Crippen molar-refractivity contribution in [1.29, 1.82) is 0 Å². The Morgan fingerprint density at radius 2 is 1.53 bits per heavy atom. The van der Waals surface area contributed by atoms with E-state index in [9.17, 15) is 24.3 Å². The molecular formula is C39H35Cl2N3O7. The van der Waals surface area contributed by atoms with Gasteiger partial charge in [0, 0.05) is 47.7 Å². The maximum absolute atomic E-state index is 13.9. The summed E-state index contributed by atoms with van der Waals surface area (Å²) in [4.78, 5) is 55.6. The standard InChI is InChI=1S/C39H35Cl2N3O7/c40-30-11-6-12-31(41)29(30)14-16-36(46)42-32(21-25-7-2-1-3-8-25)33(45)23-43(19-17-26-13-15-34-35(22-26)51-24-50-34)37(47)18-20-44-38(48)27-9-4-5-10-28(27)39(44)49/h1-16,22,32-33,45H,17-21,23-24H2,(H,42,46)/t32-,33-/m0/s1. The number of aliphatic hydroxyl groups excluding tert-OH is 1. The summed E-state index contributed by atoms with van der Waals surface area (Å²) in [5.74, 6) is -0.528. The fourth-order valence-electron chi connectivity index (χ4n) is 6.05. The second-order valence-electron chi connectivity index (χ2n) is 12.2. The number of aliphatic hydroxyl groups is 1. The van der Waals surface area contributed by atoms with E-state index in [0.717, 1.165) is 16.0 Å². The highest BCUT2D eigenvalue weighted by molar-refractivity contribution is 6.37. The van der Waals surface area contributed by atoms with Crippen LogP contribution in [-0.2, 0) is 22.4 Å². The summed E-state index contributed by atoms with van der Waals surface area (Å²) in [5.41, 5.74) is 2.83. The zero-order chi connectivity index (χ0) is 35.9. The number of rotatable bonds is 14. The molecule has 2 heterocycles. The Hall–Kier alpha value is -5.16. The van der Waals surface area contributed by atoms with Gasteiger partial charge in [-0.25, -0.2) is 0 Å². The molecule has 0 saturated carbocycles. The van der Waals surface area contributed by atoms with E-state index in [1.54, 1.807) is 48.5 Å². The van der Waals surface area contributed by atoms with Crippen molar-refractivity contribution in [2.75, 3.05) is 26.4 Å². The summed E-state index contributed by atoms with van der Waals surface area (Å²) in [7, 11) is 0. The highest BCUT2D eigenvalue weighted by Crippen LogP contribution is 2.33. The molecule has 51 heavy (non-hydrogen) atoms. The van der Waals surface area contributed by atoms with Crippen LogP contribution in [-0.4, -0.2) is 77.1 Å². The monoisotopic (exact) mass is 727 g/mol. The third-order valence-corrected chi connectivity index (χ3v) is 9.45. The van der Waals surface area contributed by atoms with Gasteiger partial charge in [-0.05, 0) is 66.4 Å². The number of amides is 4. The summed E-state index contributed by atoms with van der Waals surface area (Å²) < 4.78 is 10.9. The number of hydrogen-bond donors (Lipinski definition) is 2. The van der Waals surface area contributed by atoms with Crippen LogP contribution in [0.5, 0.6) is 11.5 Å². The number of nitrogens with zero attached hydrogens (tertiary/aromatic N) is 2. The number of carbonyl (C=O) groups excluding carboxylic acids is 4. The smallest absolute Gasteiger partial charge is 0.261 e. The summed E-state index contributed by atoms with van der Waals surface area (Å²) in [5, 5.41) is 15.3. The van der Waals surface area contributed by atoms with Crippen molar-refractivity contribution in [3.63, 3.8) is 0 Å². The Bertz CT molecular complexity index is 1910. The van der Waals surface area contributed by atoms with Gasteiger partial charge in [-0.15, -0.1) is 0 Å². The van der Waals surface area contributed by atoms with Gasteiger partial charge in [0.05, 0.1) is 23.3 Å². The quantitative estimate of drug-likeness (QED) is 0.128. The lowest BCUT2D eigenvalue weighted by Crippen LogP contribution is -2.51. The third-order valence-electron chi connectivity index (χ3n) is 8.79. The molecule has 262 valence electrons. The minimum absolute atomic E-state index is 0.124. The number of nitrogens with one attached hydrogen (secondary N) is 1. The molecule has 0 saturated heterocycles. The third kappa shape index (κ3) is 8.60. The number of hydrogen-bond acceptors (Lipinski definition) is 7. The molecule has 6 rings (SSSR count). The van der Waals surface area contributed by atoms with Gasteiger partial charge in [-0.3, -0.25) is 24.1 Å². The lowest BCUT2D eigenvalue weighted by molar-refractivity contribution is -0.133. The van der Waals surface area contributed by atoms with Crippen molar-refractivity contribution in [3.05, 3.63) is 135 Å². The molecule has 2 atom stereocenters. The molecule has 4 aromatic carbocycles. The van der Waals surface area contributed by atoms with Gasteiger partial charge >= 0.3 is 0 Å². The molecule has 0 radical (unpaired) electrons. The van der Waals surface area contributed by atoms with Crippen LogP contribution in [0.15, 0.2) is 97.1 Å². The van der Waals surface area contributed by atoms with Gasteiger partial charge < -0.3 is 24.8 Å². The first-order valence-corrected chi connectivity index (χ1v) is 17.2. The highest BCUT2D eigenvalue weighted by atomic mass is 35.5. The zero-order valence-electron chi connectivity index (χ0n) is 27.5. The Balaban J connectivity index is 1.19. The molecule has 2 aliphatic rings. The normalized spacial score (nSPS) is 14.5. The molecule has 10 nitrogen and oxygen atoms in total. The lowest BCUT2D eigenvalue weighted by Gasteiger charge is -2.31. The molecule has 4 amide bonds. The summed E-state index contributed by atoms with van der Waals surface area (Å²) >= 11 is 12.5. The predicted molar refractivity (Wildman–Crippen MR) is 193 cm³/mol. The summed E-state index contributed by atoms with van der Waals surface area (Å²) in [6.45, 7) is 0.0713. The van der Waals surface area contributed by atoms with Gasteiger partial charge in [0.25, 0.3) is 11.8 Å². The number of halogens is 2. The summed E-state index contributed by atoms with van der Waals surface area (Å²) in [6, 6.07) is 25.7. The molecular weight excluding hydrogens is 693 g/mol. The van der Waals surface area contributed by atoms with E-state index in [0.29, 0.717) is 44.7 Å². The molecule has 12 heteroatoms. The summed E-state index contributed by atoms with van der Waals surface area (Å²) in [6.07, 6.45) is 2.13. The largest absolute Gasteiger partial charge is 0.454 e. The fraction of sp³-hybridized carbons (Fsp3) is 0.231. The molecule has 4 aromatic rings. The SMILES string of the molecule is O=C(C=Cc1c(Cl)cccc1Cl)N[C@@H](Cc1ccccc1)[C@@H](O)CN(CCc1ccc2c(c1)OCO2)C(=O)CCN1C(=O)c2ccccc2C1=O. The van der Waals surface area contributed by atoms with Crippen LogP contribution in [0.3, 0.4) is 0 Å². The predicted octanol–water partition coefficient (Wildman–Crippen LogP) is 5.58. The zero-order valence-corrected chi connectivity index (χ0v) is 29.0. The average Bonchev–Trinajstić information content (AvgIpc) is 3.70. The highest BCUT2D eigenvalue weighted by Gasteiger charge is 2.35. The van der Waals surface area contributed by atoms with Gasteiger partial charge in [0.1, 0.15) is 0 Å². The number of fused-ring (bicyclic) bond motifs is 2. The molecule has 2 N–H and O–H groups in total. The Morgan fingerprint density at radius 1 is 0.863 bits per heavy atom. The molecule has 0 aromatic heterocycles. The van der Waals surface area contributed by atoms with E-state index in [1.807, 2.05) is 42.5 Å². The second-order valence-corrected chi connectivity index (χ2v) is 13.0. The average molecular weight is 729 g/mol. The lowest BCUT2D eigenvalue weighted by atomic mass is 10.00. The molecule has 0 spiro atoms. The molecule has 0 aliphatic carbocycles. The first-order valence-electron chi connectivity index (χ1n) is 16.4. The van der Waals surface area contributed by atoms with Gasteiger partial charge in [0.2, 0.25) is 18.6 Å². The first kappa shape index (κ1) is 35.7. The molecule has 2 aliphatic heterocycles. The minimum Gasteiger partial charge on any atom is -0.454 e. The van der Waals surface area contributed by atoms with Crippen molar-refractivity contribution in [1.82, 2.24) is 15.1 Å². The van der Waals surface area contributed by atoms with E-state index in [2.05, 4.69) is 5.32 Å². The maximum atomic E-state index is 13.9. The number of imide groups is 1. The Morgan fingerprint density at radius 3 is 2.24 bits per heavy atom. The van der Waals surface area contributed by atoms with Crippen LogP contribution in [0.4, 0.5) is 0 Å². The second kappa shape index (κ2) is 16.2.